The van der Waals surface area contributed by atoms with Crippen molar-refractivity contribution in [2.75, 3.05) is 0 Å². The Hall–Kier alpha value is -2.37. The topological polar surface area (TPSA) is 33.1 Å². The van der Waals surface area contributed by atoms with Crippen LogP contribution in [0, 0.1) is 18.8 Å². The van der Waals surface area contributed by atoms with Crippen LogP contribution < -0.4 is 0 Å². The average molecular weight is 289 g/mol. The van der Waals surface area contributed by atoms with Gasteiger partial charge in [0.1, 0.15) is 0 Å². The highest BCUT2D eigenvalue weighted by Gasteiger charge is 2.21. The lowest BCUT2D eigenvalue weighted by Crippen LogP contribution is -2.15. The minimum atomic E-state index is -0.477. The number of hydrogen-bond donors (Lipinski definition) is 1. The van der Waals surface area contributed by atoms with Gasteiger partial charge >= 0.3 is 0 Å². The second-order valence-electron chi connectivity index (χ2n) is 5.64. The van der Waals surface area contributed by atoms with Crippen LogP contribution >= 0.6 is 0 Å². The number of benzene rings is 1. The summed E-state index contributed by atoms with van der Waals surface area (Å²) >= 11 is 0. The summed E-state index contributed by atoms with van der Waals surface area (Å²) in [5, 5.41) is 10.1. The Balaban J connectivity index is 2.10. The van der Waals surface area contributed by atoms with Crippen molar-refractivity contribution < 1.29 is 5.11 Å². The van der Waals surface area contributed by atoms with Crippen molar-refractivity contribution in [3.05, 3.63) is 70.6 Å². The Morgan fingerprint density at radius 2 is 1.82 bits per heavy atom. The zero-order chi connectivity index (χ0) is 15.5. The maximum Gasteiger partial charge on any atom is 0.0737 e. The number of aliphatic hydroxyl groups excluding tert-OH is 1. The molecule has 0 spiro atoms. The van der Waals surface area contributed by atoms with E-state index in [0.29, 0.717) is 0 Å². The number of allylic oxidation sites excluding steroid dienone is 1. The predicted octanol–water partition coefficient (Wildman–Crippen LogP) is 3.52. The molecule has 0 radical (unpaired) electrons. The van der Waals surface area contributed by atoms with Crippen molar-refractivity contribution in [1.82, 2.24) is 4.98 Å². The van der Waals surface area contributed by atoms with Crippen LogP contribution in [-0.2, 0) is 6.42 Å². The van der Waals surface area contributed by atoms with Gasteiger partial charge in [0.25, 0.3) is 0 Å². The van der Waals surface area contributed by atoms with E-state index in [4.69, 9.17) is 0 Å². The molecule has 110 valence electrons. The van der Waals surface area contributed by atoms with Crippen LogP contribution in [-0.4, -0.2) is 16.2 Å². The molecule has 2 aromatic rings. The van der Waals surface area contributed by atoms with E-state index in [0.717, 1.165) is 46.5 Å². The molecule has 1 aromatic carbocycles. The van der Waals surface area contributed by atoms with Gasteiger partial charge in [0.2, 0.25) is 0 Å². The fourth-order valence-corrected chi connectivity index (χ4v) is 2.80. The van der Waals surface area contributed by atoms with Crippen LogP contribution in [0.5, 0.6) is 0 Å². The molecule has 1 unspecified atom stereocenters. The van der Waals surface area contributed by atoms with E-state index in [-0.39, 0.29) is 0 Å². The number of aliphatic hydroxyl groups is 1. The number of hydrogen-bond acceptors (Lipinski definition) is 2. The normalized spacial score (nSPS) is 14.9. The molecule has 1 aliphatic rings. The molecule has 1 N–H and O–H groups in total. The third-order valence-electron chi connectivity index (χ3n) is 3.94. The van der Waals surface area contributed by atoms with Crippen LogP contribution in [0.3, 0.4) is 0 Å². The molecule has 1 atom stereocenters. The quantitative estimate of drug-likeness (QED) is 0.815. The molecule has 1 aromatic heterocycles. The zero-order valence-electron chi connectivity index (χ0n) is 12.9. The van der Waals surface area contributed by atoms with Gasteiger partial charge in [-0.25, -0.2) is 0 Å². The number of pyridine rings is 1. The first-order valence-electron chi connectivity index (χ1n) is 7.60. The summed E-state index contributed by atoms with van der Waals surface area (Å²) in [7, 11) is 0. The lowest BCUT2D eigenvalue weighted by Gasteiger charge is -2.22. The summed E-state index contributed by atoms with van der Waals surface area (Å²) in [5.41, 5.74) is 6.11. The standard InChI is InChI=1S/C20H19NO/c1-14-8-10-19-18(11-9-16-6-4-3-5-7-16)17(15(2)22)12-13-20(19)21-14/h3-8,10,15,22H,12-13H2,1-2H3. The molecule has 0 fully saturated rings. The molecular formula is C20H19NO. The van der Waals surface area contributed by atoms with Crippen LogP contribution in [0.25, 0.3) is 5.57 Å². The van der Waals surface area contributed by atoms with Gasteiger partial charge < -0.3 is 5.11 Å². The van der Waals surface area contributed by atoms with Gasteiger partial charge in [-0.15, -0.1) is 0 Å². The molecule has 22 heavy (non-hydrogen) atoms. The number of nitrogens with zero attached hydrogens (tertiary/aromatic N) is 1. The molecule has 0 aliphatic heterocycles. The van der Waals surface area contributed by atoms with Crippen LogP contribution in [0.1, 0.15) is 35.9 Å². The third kappa shape index (κ3) is 2.95. The van der Waals surface area contributed by atoms with Crippen molar-refractivity contribution in [3.63, 3.8) is 0 Å². The van der Waals surface area contributed by atoms with Crippen molar-refractivity contribution in [3.8, 4) is 11.8 Å². The lowest BCUT2D eigenvalue weighted by molar-refractivity contribution is 0.227. The fraction of sp³-hybridized carbons (Fsp3) is 0.250. The Bertz CT molecular complexity index is 776. The number of rotatable bonds is 1. The minimum absolute atomic E-state index is 0.477. The molecule has 1 aliphatic carbocycles. The van der Waals surface area contributed by atoms with Crippen LogP contribution in [0.4, 0.5) is 0 Å². The first-order chi connectivity index (χ1) is 10.6. The monoisotopic (exact) mass is 289 g/mol. The highest BCUT2D eigenvalue weighted by molar-refractivity contribution is 5.84. The zero-order valence-corrected chi connectivity index (χ0v) is 12.9. The van der Waals surface area contributed by atoms with Crippen molar-refractivity contribution >= 4 is 5.57 Å². The van der Waals surface area contributed by atoms with E-state index < -0.39 is 6.10 Å². The number of fused-ring (bicyclic) bond motifs is 1. The predicted molar refractivity (Wildman–Crippen MR) is 89.2 cm³/mol. The highest BCUT2D eigenvalue weighted by atomic mass is 16.3. The van der Waals surface area contributed by atoms with Gasteiger partial charge in [0, 0.05) is 28.1 Å². The SMILES string of the molecule is Cc1ccc2c(n1)CCC(C(C)O)=C2C#Cc1ccccc1. The molecule has 2 nitrogen and oxygen atoms in total. The molecule has 0 saturated carbocycles. The van der Waals surface area contributed by atoms with E-state index in [2.05, 4.69) is 22.9 Å². The third-order valence-corrected chi connectivity index (χ3v) is 3.94. The van der Waals surface area contributed by atoms with Gasteiger partial charge in [-0.3, -0.25) is 4.98 Å². The second-order valence-corrected chi connectivity index (χ2v) is 5.64. The summed E-state index contributed by atoms with van der Waals surface area (Å²) in [5.74, 6) is 6.48. The van der Waals surface area contributed by atoms with Crippen LogP contribution in [0.15, 0.2) is 48.0 Å². The van der Waals surface area contributed by atoms with E-state index in [1.54, 1.807) is 0 Å². The van der Waals surface area contributed by atoms with E-state index in [9.17, 15) is 5.11 Å². The largest absolute Gasteiger partial charge is 0.389 e. The molecule has 0 amide bonds. The van der Waals surface area contributed by atoms with Gasteiger partial charge in [0.15, 0.2) is 0 Å². The molecular weight excluding hydrogens is 270 g/mol. The lowest BCUT2D eigenvalue weighted by atomic mass is 9.86. The van der Waals surface area contributed by atoms with Crippen LogP contribution in [0.2, 0.25) is 0 Å². The number of aromatic nitrogens is 1. The van der Waals surface area contributed by atoms with Gasteiger partial charge in [-0.2, -0.15) is 0 Å². The average Bonchev–Trinajstić information content (AvgIpc) is 2.53. The second kappa shape index (κ2) is 6.17. The summed E-state index contributed by atoms with van der Waals surface area (Å²) < 4.78 is 0. The summed E-state index contributed by atoms with van der Waals surface area (Å²) in [4.78, 5) is 4.63. The Morgan fingerprint density at radius 1 is 1.05 bits per heavy atom. The van der Waals surface area contributed by atoms with E-state index >= 15 is 0 Å². The van der Waals surface area contributed by atoms with Crippen molar-refractivity contribution in [1.29, 1.82) is 0 Å². The Morgan fingerprint density at radius 3 is 2.55 bits per heavy atom. The van der Waals surface area contributed by atoms with Crippen molar-refractivity contribution in [2.45, 2.75) is 32.8 Å². The maximum absolute atomic E-state index is 10.1. The molecule has 0 bridgehead atoms. The summed E-state index contributed by atoms with van der Waals surface area (Å²) in [6.07, 6.45) is 1.21. The van der Waals surface area contributed by atoms with E-state index in [1.807, 2.05) is 50.2 Å². The Labute approximate surface area is 131 Å². The molecule has 3 rings (SSSR count). The summed E-state index contributed by atoms with van der Waals surface area (Å²) in [6.45, 7) is 3.82. The minimum Gasteiger partial charge on any atom is -0.389 e. The number of aryl methyl sites for hydroxylation is 2. The maximum atomic E-state index is 10.1. The van der Waals surface area contributed by atoms with Gasteiger partial charge in [-0.1, -0.05) is 36.1 Å². The first-order valence-corrected chi connectivity index (χ1v) is 7.60. The van der Waals surface area contributed by atoms with Gasteiger partial charge in [-0.05, 0) is 50.5 Å². The molecule has 1 heterocycles. The highest BCUT2D eigenvalue weighted by Crippen LogP contribution is 2.32. The summed E-state index contributed by atoms with van der Waals surface area (Å²) in [6, 6.07) is 14.0. The fourth-order valence-electron chi connectivity index (χ4n) is 2.80. The van der Waals surface area contributed by atoms with Gasteiger partial charge in [0.05, 0.1) is 6.10 Å². The first kappa shape index (κ1) is 14.6. The molecule has 0 saturated heterocycles. The van der Waals surface area contributed by atoms with Crippen molar-refractivity contribution in [2.24, 2.45) is 0 Å². The smallest absolute Gasteiger partial charge is 0.0737 e. The Kier molecular flexibility index (Phi) is 4.09. The molecule has 2 heteroatoms. The van der Waals surface area contributed by atoms with E-state index in [1.165, 1.54) is 0 Å².